The van der Waals surface area contributed by atoms with Crippen molar-refractivity contribution in [3.05, 3.63) is 89.5 Å². The van der Waals surface area contributed by atoms with E-state index in [9.17, 15) is 13.7 Å². The summed E-state index contributed by atoms with van der Waals surface area (Å²) in [5.41, 5.74) is 4.19. The fourth-order valence-corrected chi connectivity index (χ4v) is 5.06. The van der Waals surface area contributed by atoms with E-state index in [0.29, 0.717) is 11.3 Å². The fraction of sp³-hybridized carbons (Fsp3) is 0.208. The molecule has 2 N–H and O–H groups in total. The summed E-state index contributed by atoms with van der Waals surface area (Å²) in [7, 11) is -3.64. The molecule has 3 aromatic carbocycles. The second-order valence-corrected chi connectivity index (χ2v) is 9.88. The van der Waals surface area contributed by atoms with Gasteiger partial charge in [0.15, 0.2) is 0 Å². The van der Waals surface area contributed by atoms with Gasteiger partial charge in [0.2, 0.25) is 0 Å². The Bertz CT molecular complexity index is 1230. The summed E-state index contributed by atoms with van der Waals surface area (Å²) in [5, 5.41) is 12.8. The minimum absolute atomic E-state index is 0.0293. The fourth-order valence-electron chi connectivity index (χ4n) is 3.99. The molecule has 0 saturated heterocycles. The van der Waals surface area contributed by atoms with Crippen LogP contribution < -0.4 is 10.0 Å². The third kappa shape index (κ3) is 3.89. The van der Waals surface area contributed by atoms with Crippen LogP contribution in [0.4, 0.5) is 11.4 Å². The van der Waals surface area contributed by atoms with Crippen LogP contribution in [0, 0.1) is 11.3 Å². The zero-order valence-corrected chi connectivity index (χ0v) is 17.7. The minimum atomic E-state index is -3.64. The number of nitriles is 1. The first-order valence-corrected chi connectivity index (χ1v) is 11.3. The van der Waals surface area contributed by atoms with E-state index in [4.69, 9.17) is 0 Å². The molecule has 3 aromatic rings. The predicted molar refractivity (Wildman–Crippen MR) is 119 cm³/mol. The molecule has 1 heterocycles. The number of anilines is 2. The molecule has 0 aromatic heterocycles. The lowest BCUT2D eigenvalue weighted by Gasteiger charge is -2.39. The van der Waals surface area contributed by atoms with E-state index in [1.165, 1.54) is 0 Å². The molecule has 0 radical (unpaired) electrons. The lowest BCUT2D eigenvalue weighted by Crippen LogP contribution is -2.31. The second kappa shape index (κ2) is 7.51. The van der Waals surface area contributed by atoms with Crippen LogP contribution >= 0.6 is 0 Å². The Balaban J connectivity index is 1.62. The van der Waals surface area contributed by atoms with Gasteiger partial charge in [-0.25, -0.2) is 8.42 Å². The topological polar surface area (TPSA) is 82.0 Å². The van der Waals surface area contributed by atoms with Crippen molar-refractivity contribution >= 4 is 21.4 Å². The van der Waals surface area contributed by atoms with E-state index in [1.54, 1.807) is 36.4 Å². The van der Waals surface area contributed by atoms with E-state index < -0.39 is 10.0 Å². The highest BCUT2D eigenvalue weighted by Crippen LogP contribution is 2.44. The Hall–Kier alpha value is -3.30. The summed E-state index contributed by atoms with van der Waals surface area (Å²) < 4.78 is 28.0. The molecule has 0 spiro atoms. The molecule has 0 fully saturated rings. The van der Waals surface area contributed by atoms with Gasteiger partial charge in [-0.05, 0) is 65.4 Å². The van der Waals surface area contributed by atoms with Crippen LogP contribution in [0.15, 0.2) is 77.7 Å². The molecule has 152 valence electrons. The van der Waals surface area contributed by atoms with Crippen molar-refractivity contribution in [2.45, 2.75) is 36.6 Å². The first-order valence-electron chi connectivity index (χ1n) is 9.77. The maximum Gasteiger partial charge on any atom is 0.261 e. The van der Waals surface area contributed by atoms with Crippen LogP contribution in [0.3, 0.4) is 0 Å². The number of nitrogens with zero attached hydrogens (tertiary/aromatic N) is 1. The normalized spacial score (nSPS) is 17.3. The largest absolute Gasteiger partial charge is 0.378 e. The Labute approximate surface area is 177 Å². The van der Waals surface area contributed by atoms with E-state index in [2.05, 4.69) is 30.0 Å². The highest BCUT2D eigenvalue weighted by Gasteiger charge is 2.33. The maximum absolute atomic E-state index is 12.7. The van der Waals surface area contributed by atoms with Crippen molar-refractivity contribution in [3.63, 3.8) is 0 Å². The molecule has 5 nitrogen and oxygen atoms in total. The predicted octanol–water partition coefficient (Wildman–Crippen LogP) is 5.19. The van der Waals surface area contributed by atoms with E-state index in [-0.39, 0.29) is 16.4 Å². The number of hydrogen-bond donors (Lipinski definition) is 2. The highest BCUT2D eigenvalue weighted by molar-refractivity contribution is 7.92. The molecular formula is C24H23N3O2S. The van der Waals surface area contributed by atoms with Crippen LogP contribution in [0.25, 0.3) is 0 Å². The molecule has 0 amide bonds. The third-order valence-corrected chi connectivity index (χ3v) is 6.91. The van der Waals surface area contributed by atoms with Gasteiger partial charge in [-0.2, -0.15) is 5.26 Å². The molecule has 1 atom stereocenters. The first kappa shape index (κ1) is 20.0. The van der Waals surface area contributed by atoms with E-state index in [1.807, 2.05) is 36.4 Å². The van der Waals surface area contributed by atoms with Gasteiger partial charge < -0.3 is 5.32 Å². The summed E-state index contributed by atoms with van der Waals surface area (Å²) in [6.45, 7) is 4.34. The molecule has 30 heavy (non-hydrogen) atoms. The Morgan fingerprint density at radius 3 is 2.53 bits per heavy atom. The first-order chi connectivity index (χ1) is 14.3. The Morgan fingerprint density at radius 1 is 1.03 bits per heavy atom. The monoisotopic (exact) mass is 417 g/mol. The summed E-state index contributed by atoms with van der Waals surface area (Å²) >= 11 is 0. The summed E-state index contributed by atoms with van der Waals surface area (Å²) in [4.78, 5) is 0.231. The van der Waals surface area contributed by atoms with Crippen LogP contribution in [0.2, 0.25) is 0 Å². The van der Waals surface area contributed by atoms with Gasteiger partial charge in [-0.3, -0.25) is 4.72 Å². The molecule has 1 unspecified atom stereocenters. The number of sulfonamides is 1. The average Bonchev–Trinajstić information content (AvgIpc) is 2.73. The number of hydrogen-bond acceptors (Lipinski definition) is 4. The zero-order chi connectivity index (χ0) is 21.4. The molecular weight excluding hydrogens is 394 g/mol. The summed E-state index contributed by atoms with van der Waals surface area (Å²) in [5.74, 6) is 0. The van der Waals surface area contributed by atoms with Crippen molar-refractivity contribution in [2.24, 2.45) is 0 Å². The SMILES string of the molecule is CC1(C)CC(c2cccc(NS(=O)(=O)c3ccccc3)c2)Nc2ccc(C#N)cc21. The van der Waals surface area contributed by atoms with Gasteiger partial charge >= 0.3 is 0 Å². The molecule has 0 aliphatic carbocycles. The van der Waals surface area contributed by atoms with Gasteiger partial charge in [0.05, 0.1) is 22.6 Å². The number of fused-ring (bicyclic) bond motifs is 1. The van der Waals surface area contributed by atoms with Gasteiger partial charge in [-0.1, -0.05) is 44.2 Å². The lowest BCUT2D eigenvalue weighted by molar-refractivity contribution is 0.427. The van der Waals surface area contributed by atoms with Crippen LogP contribution in [0.1, 0.15) is 43.0 Å². The number of rotatable bonds is 4. The molecule has 6 heteroatoms. The molecule has 0 saturated carbocycles. The van der Waals surface area contributed by atoms with Crippen LogP contribution in [-0.2, 0) is 15.4 Å². The third-order valence-electron chi connectivity index (χ3n) is 5.52. The smallest absolute Gasteiger partial charge is 0.261 e. The van der Waals surface area contributed by atoms with Crippen molar-refractivity contribution in [3.8, 4) is 6.07 Å². The standard InChI is InChI=1S/C24H23N3O2S/c1-24(2)15-23(26-22-12-11-17(16-25)13-21(22)24)18-7-6-8-19(14-18)27-30(28,29)20-9-4-3-5-10-20/h3-14,23,26-27H,15H2,1-2H3. The number of nitrogens with one attached hydrogen (secondary N) is 2. The van der Waals surface area contributed by atoms with Crippen molar-refractivity contribution in [1.82, 2.24) is 0 Å². The van der Waals surface area contributed by atoms with Crippen molar-refractivity contribution in [2.75, 3.05) is 10.0 Å². The summed E-state index contributed by atoms with van der Waals surface area (Å²) in [6, 6.07) is 23.8. The molecule has 4 rings (SSSR count). The van der Waals surface area contributed by atoms with Gasteiger partial charge in [0.1, 0.15) is 0 Å². The van der Waals surface area contributed by atoms with Gasteiger partial charge in [-0.15, -0.1) is 0 Å². The highest BCUT2D eigenvalue weighted by atomic mass is 32.2. The van der Waals surface area contributed by atoms with Crippen molar-refractivity contribution in [1.29, 1.82) is 5.26 Å². The Morgan fingerprint density at radius 2 is 1.80 bits per heavy atom. The molecule has 0 bridgehead atoms. The zero-order valence-electron chi connectivity index (χ0n) is 16.9. The maximum atomic E-state index is 12.7. The van der Waals surface area contributed by atoms with Crippen LogP contribution in [-0.4, -0.2) is 8.42 Å². The van der Waals surface area contributed by atoms with Crippen molar-refractivity contribution < 1.29 is 8.42 Å². The quantitative estimate of drug-likeness (QED) is 0.612. The van der Waals surface area contributed by atoms with Gasteiger partial charge in [0.25, 0.3) is 10.0 Å². The Kier molecular flexibility index (Phi) is 5.00. The minimum Gasteiger partial charge on any atom is -0.378 e. The molecule has 1 aliphatic heterocycles. The lowest BCUT2D eigenvalue weighted by atomic mass is 9.73. The van der Waals surface area contributed by atoms with Gasteiger partial charge in [0, 0.05) is 11.4 Å². The molecule has 1 aliphatic rings. The number of benzene rings is 3. The van der Waals surface area contributed by atoms with E-state index in [0.717, 1.165) is 23.2 Å². The second-order valence-electron chi connectivity index (χ2n) is 8.20. The van der Waals surface area contributed by atoms with Crippen LogP contribution in [0.5, 0.6) is 0 Å². The summed E-state index contributed by atoms with van der Waals surface area (Å²) in [6.07, 6.45) is 0.823. The average molecular weight is 418 g/mol. The van der Waals surface area contributed by atoms with E-state index >= 15 is 0 Å².